The van der Waals surface area contributed by atoms with Crippen molar-refractivity contribution in [3.63, 3.8) is 0 Å². The fourth-order valence-corrected chi connectivity index (χ4v) is 5.48. The number of rotatable bonds is 5. The Morgan fingerprint density at radius 1 is 1.06 bits per heavy atom. The lowest BCUT2D eigenvalue weighted by molar-refractivity contribution is 0.174. The average molecular weight is 442 g/mol. The number of fused-ring (bicyclic) bond motifs is 1. The van der Waals surface area contributed by atoms with Crippen LogP contribution in [-0.2, 0) is 16.4 Å². The summed E-state index contributed by atoms with van der Waals surface area (Å²) < 4.78 is 44.4. The van der Waals surface area contributed by atoms with Gasteiger partial charge in [0.15, 0.2) is 11.5 Å². The molecule has 0 spiro atoms. The number of nitrogens with zero attached hydrogens (tertiary/aromatic N) is 3. The number of ether oxygens (including phenoxy) is 2. The van der Waals surface area contributed by atoms with Crippen molar-refractivity contribution in [1.29, 1.82) is 0 Å². The van der Waals surface area contributed by atoms with Gasteiger partial charge in [-0.2, -0.15) is 4.31 Å². The first kappa shape index (κ1) is 20.0. The minimum Gasteiger partial charge on any atom is -0.454 e. The summed E-state index contributed by atoms with van der Waals surface area (Å²) in [4.78, 5) is 0.317. The Kier molecular flexibility index (Phi) is 5.15. The second kappa shape index (κ2) is 7.97. The van der Waals surface area contributed by atoms with Gasteiger partial charge in [-0.15, -0.1) is 10.2 Å². The molecule has 5 rings (SSSR count). The molecule has 2 aliphatic heterocycles. The van der Waals surface area contributed by atoms with Crippen molar-refractivity contribution in [2.75, 3.05) is 19.9 Å². The quantitative estimate of drug-likeness (QED) is 0.597. The summed E-state index contributed by atoms with van der Waals surface area (Å²) in [5.74, 6) is 2.01. The van der Waals surface area contributed by atoms with Crippen molar-refractivity contribution in [3.05, 3.63) is 53.9 Å². The third kappa shape index (κ3) is 3.79. The fourth-order valence-electron chi connectivity index (χ4n) is 3.95. The SMILES string of the molecule is CCc1ccc(S(=O)(=O)N2CCCC(c3nnc(-c4ccc5c(c4)OCO5)o3)C2)cc1. The number of aryl methyl sites for hydroxylation is 1. The Morgan fingerprint density at radius 2 is 1.87 bits per heavy atom. The van der Waals surface area contributed by atoms with Gasteiger partial charge < -0.3 is 13.9 Å². The molecule has 2 aliphatic rings. The van der Waals surface area contributed by atoms with Crippen molar-refractivity contribution in [3.8, 4) is 23.0 Å². The molecule has 9 heteroatoms. The molecule has 8 nitrogen and oxygen atoms in total. The summed E-state index contributed by atoms with van der Waals surface area (Å²) in [6.07, 6.45) is 2.40. The largest absolute Gasteiger partial charge is 0.454 e. The van der Waals surface area contributed by atoms with Crippen LogP contribution in [0.4, 0.5) is 0 Å². The summed E-state index contributed by atoms with van der Waals surface area (Å²) in [5.41, 5.74) is 1.84. The van der Waals surface area contributed by atoms with Crippen molar-refractivity contribution >= 4 is 10.0 Å². The van der Waals surface area contributed by atoms with Gasteiger partial charge in [0.1, 0.15) is 0 Å². The van der Waals surface area contributed by atoms with Crippen LogP contribution in [0, 0.1) is 0 Å². The van der Waals surface area contributed by atoms with Crippen molar-refractivity contribution < 1.29 is 22.3 Å². The van der Waals surface area contributed by atoms with Crippen LogP contribution in [-0.4, -0.2) is 42.8 Å². The smallest absolute Gasteiger partial charge is 0.247 e. The van der Waals surface area contributed by atoms with Gasteiger partial charge in [0.2, 0.25) is 28.6 Å². The molecule has 31 heavy (non-hydrogen) atoms. The summed E-state index contributed by atoms with van der Waals surface area (Å²) in [6, 6.07) is 12.5. The van der Waals surface area contributed by atoms with Crippen LogP contribution in [0.2, 0.25) is 0 Å². The highest BCUT2D eigenvalue weighted by Gasteiger charge is 2.33. The summed E-state index contributed by atoms with van der Waals surface area (Å²) >= 11 is 0. The standard InChI is InChI=1S/C22H23N3O5S/c1-2-15-5-8-18(9-6-15)31(26,27)25-11-3-4-17(13-25)22-24-23-21(30-22)16-7-10-19-20(12-16)29-14-28-19/h5-10,12,17H,2-4,11,13-14H2,1H3. The van der Waals surface area contributed by atoms with Crippen molar-refractivity contribution in [2.24, 2.45) is 0 Å². The van der Waals surface area contributed by atoms with E-state index in [1.807, 2.05) is 25.1 Å². The van der Waals surface area contributed by atoms with Gasteiger partial charge in [-0.05, 0) is 55.2 Å². The second-order valence-electron chi connectivity index (χ2n) is 7.71. The highest BCUT2D eigenvalue weighted by Crippen LogP contribution is 2.36. The van der Waals surface area contributed by atoms with Crippen LogP contribution in [0.25, 0.3) is 11.5 Å². The van der Waals surface area contributed by atoms with Gasteiger partial charge >= 0.3 is 0 Å². The Morgan fingerprint density at radius 3 is 2.68 bits per heavy atom. The van der Waals surface area contributed by atoms with Crippen LogP contribution in [0.5, 0.6) is 11.5 Å². The number of piperidine rings is 1. The van der Waals surface area contributed by atoms with Crippen LogP contribution in [0.1, 0.15) is 37.1 Å². The summed E-state index contributed by atoms with van der Waals surface area (Å²) in [7, 11) is -3.57. The zero-order valence-electron chi connectivity index (χ0n) is 17.2. The molecular weight excluding hydrogens is 418 g/mol. The fraction of sp³-hybridized carbons (Fsp3) is 0.364. The Balaban J connectivity index is 1.35. The highest BCUT2D eigenvalue weighted by molar-refractivity contribution is 7.89. The molecule has 0 aliphatic carbocycles. The van der Waals surface area contributed by atoms with E-state index in [0.717, 1.165) is 30.4 Å². The molecule has 1 unspecified atom stereocenters. The first-order valence-corrected chi connectivity index (χ1v) is 11.8. The molecule has 3 heterocycles. The maximum Gasteiger partial charge on any atom is 0.247 e. The van der Waals surface area contributed by atoms with E-state index in [1.165, 1.54) is 4.31 Å². The van der Waals surface area contributed by atoms with Gasteiger partial charge in [0.25, 0.3) is 0 Å². The molecule has 0 N–H and O–H groups in total. The molecule has 1 saturated heterocycles. The van der Waals surface area contributed by atoms with E-state index >= 15 is 0 Å². The lowest BCUT2D eigenvalue weighted by Crippen LogP contribution is -2.39. The van der Waals surface area contributed by atoms with Crippen LogP contribution < -0.4 is 9.47 Å². The Bertz CT molecular complexity index is 1190. The number of aromatic nitrogens is 2. The molecule has 3 aromatic rings. The molecule has 1 atom stereocenters. The second-order valence-corrected chi connectivity index (χ2v) is 9.65. The number of hydrogen-bond acceptors (Lipinski definition) is 7. The maximum absolute atomic E-state index is 13.1. The molecule has 0 bridgehead atoms. The molecule has 1 aromatic heterocycles. The van der Waals surface area contributed by atoms with E-state index in [2.05, 4.69) is 10.2 Å². The van der Waals surface area contributed by atoms with Crippen molar-refractivity contribution in [2.45, 2.75) is 37.0 Å². The zero-order chi connectivity index (χ0) is 21.4. The Hall–Kier alpha value is -2.91. The zero-order valence-corrected chi connectivity index (χ0v) is 18.0. The van der Waals surface area contributed by atoms with Crippen molar-refractivity contribution in [1.82, 2.24) is 14.5 Å². The van der Waals surface area contributed by atoms with Gasteiger partial charge in [-0.1, -0.05) is 19.1 Å². The predicted molar refractivity (Wildman–Crippen MR) is 112 cm³/mol. The van der Waals surface area contributed by atoms with E-state index in [-0.39, 0.29) is 12.7 Å². The molecule has 162 valence electrons. The van der Waals surface area contributed by atoms with E-state index in [0.29, 0.717) is 41.3 Å². The minimum absolute atomic E-state index is 0.145. The first-order valence-electron chi connectivity index (χ1n) is 10.4. The Labute approximate surface area is 180 Å². The number of sulfonamides is 1. The summed E-state index contributed by atoms with van der Waals surface area (Å²) in [5, 5.41) is 8.38. The van der Waals surface area contributed by atoms with Crippen LogP contribution in [0.3, 0.4) is 0 Å². The molecule has 0 saturated carbocycles. The first-order chi connectivity index (χ1) is 15.0. The lowest BCUT2D eigenvalue weighted by atomic mass is 10.00. The topological polar surface area (TPSA) is 94.8 Å². The van der Waals surface area contributed by atoms with Gasteiger partial charge in [0.05, 0.1) is 10.8 Å². The molecule has 1 fully saturated rings. The third-order valence-electron chi connectivity index (χ3n) is 5.76. The molecule has 0 amide bonds. The van der Waals surface area contributed by atoms with Crippen LogP contribution >= 0.6 is 0 Å². The lowest BCUT2D eigenvalue weighted by Gasteiger charge is -2.30. The van der Waals surface area contributed by atoms with E-state index in [4.69, 9.17) is 13.9 Å². The monoisotopic (exact) mass is 441 g/mol. The maximum atomic E-state index is 13.1. The normalized spacial score (nSPS) is 18.9. The van der Waals surface area contributed by atoms with Gasteiger partial charge in [-0.3, -0.25) is 0 Å². The van der Waals surface area contributed by atoms with Gasteiger partial charge in [-0.25, -0.2) is 8.42 Å². The number of benzene rings is 2. The molecule has 0 radical (unpaired) electrons. The van der Waals surface area contributed by atoms with E-state index < -0.39 is 10.0 Å². The molecule has 2 aromatic carbocycles. The average Bonchev–Trinajstić information content (AvgIpc) is 3.48. The van der Waals surface area contributed by atoms with E-state index in [1.54, 1.807) is 24.3 Å². The minimum atomic E-state index is -3.57. The summed E-state index contributed by atoms with van der Waals surface area (Å²) in [6.45, 7) is 3.04. The highest BCUT2D eigenvalue weighted by atomic mass is 32.2. The van der Waals surface area contributed by atoms with Gasteiger partial charge in [0, 0.05) is 18.7 Å². The predicted octanol–water partition coefficient (Wildman–Crippen LogP) is 3.60. The van der Waals surface area contributed by atoms with Crippen LogP contribution in [0.15, 0.2) is 51.8 Å². The molecular formula is C22H23N3O5S. The van der Waals surface area contributed by atoms with E-state index in [9.17, 15) is 8.42 Å². The third-order valence-corrected chi connectivity index (χ3v) is 7.64. The number of hydrogen-bond donors (Lipinski definition) is 0.